The number of carbonyl (C=O) groups is 1. The van der Waals surface area contributed by atoms with Crippen LogP contribution in [0.2, 0.25) is 0 Å². The number of aromatic nitrogens is 3. The van der Waals surface area contributed by atoms with Gasteiger partial charge in [0.05, 0.1) is 5.69 Å². The van der Waals surface area contributed by atoms with Crippen molar-refractivity contribution in [1.29, 1.82) is 0 Å². The standard InChI is InChI=1S/C19H23N5O/c1-4-19(25)24-10-6-8-15(12-24)16-11-18(22-14(3)21-16)23-17-9-5-7-13(2)20-17/h4-5,7,9,11,15H,1,6,8,10,12H2,2-3H3,(H,20,21,22,23). The van der Waals surface area contributed by atoms with E-state index in [1.165, 1.54) is 6.08 Å². The highest BCUT2D eigenvalue weighted by atomic mass is 16.2. The number of nitrogens with zero attached hydrogens (tertiary/aromatic N) is 4. The third kappa shape index (κ3) is 4.21. The second-order valence-electron chi connectivity index (χ2n) is 6.34. The number of aryl methyl sites for hydroxylation is 2. The van der Waals surface area contributed by atoms with Gasteiger partial charge in [-0.05, 0) is 44.9 Å². The lowest BCUT2D eigenvalue weighted by Crippen LogP contribution is -2.38. The van der Waals surface area contributed by atoms with Crippen molar-refractivity contribution in [2.24, 2.45) is 0 Å². The lowest BCUT2D eigenvalue weighted by molar-refractivity contribution is -0.127. The van der Waals surface area contributed by atoms with Gasteiger partial charge < -0.3 is 10.2 Å². The second kappa shape index (κ2) is 7.42. The lowest BCUT2D eigenvalue weighted by atomic mass is 9.94. The van der Waals surface area contributed by atoms with Gasteiger partial charge in [0.2, 0.25) is 5.91 Å². The number of piperidine rings is 1. The molecule has 0 bridgehead atoms. The molecule has 3 heterocycles. The Kier molecular flexibility index (Phi) is 5.07. The molecule has 0 radical (unpaired) electrons. The number of hydrogen-bond acceptors (Lipinski definition) is 5. The molecule has 1 fully saturated rings. The molecule has 130 valence electrons. The zero-order chi connectivity index (χ0) is 17.8. The zero-order valence-corrected chi connectivity index (χ0v) is 14.7. The van der Waals surface area contributed by atoms with E-state index in [0.717, 1.165) is 42.4 Å². The first-order valence-corrected chi connectivity index (χ1v) is 8.53. The molecule has 1 saturated heterocycles. The van der Waals surface area contributed by atoms with Gasteiger partial charge in [0.25, 0.3) is 0 Å². The first kappa shape index (κ1) is 17.1. The number of rotatable bonds is 4. The molecular weight excluding hydrogens is 314 g/mol. The minimum absolute atomic E-state index is 0.0159. The summed E-state index contributed by atoms with van der Waals surface area (Å²) in [5.74, 6) is 2.40. The molecule has 1 aliphatic rings. The summed E-state index contributed by atoms with van der Waals surface area (Å²) in [4.78, 5) is 27.3. The Balaban J connectivity index is 1.81. The number of carbonyl (C=O) groups excluding carboxylic acids is 1. The van der Waals surface area contributed by atoms with Crippen molar-refractivity contribution < 1.29 is 4.79 Å². The van der Waals surface area contributed by atoms with Crippen molar-refractivity contribution in [2.45, 2.75) is 32.6 Å². The summed E-state index contributed by atoms with van der Waals surface area (Å²) >= 11 is 0. The summed E-state index contributed by atoms with van der Waals surface area (Å²) in [6.45, 7) is 8.87. The molecule has 25 heavy (non-hydrogen) atoms. The highest BCUT2D eigenvalue weighted by Crippen LogP contribution is 2.27. The molecule has 6 nitrogen and oxygen atoms in total. The Morgan fingerprint density at radius 1 is 1.28 bits per heavy atom. The second-order valence-corrected chi connectivity index (χ2v) is 6.34. The first-order valence-electron chi connectivity index (χ1n) is 8.53. The Morgan fingerprint density at radius 3 is 2.88 bits per heavy atom. The predicted octanol–water partition coefficient (Wildman–Crippen LogP) is 3.12. The lowest BCUT2D eigenvalue weighted by Gasteiger charge is -2.32. The average molecular weight is 337 g/mol. The summed E-state index contributed by atoms with van der Waals surface area (Å²) < 4.78 is 0. The van der Waals surface area contributed by atoms with Crippen LogP contribution in [-0.4, -0.2) is 38.8 Å². The van der Waals surface area contributed by atoms with E-state index in [-0.39, 0.29) is 11.8 Å². The molecular formula is C19H23N5O. The zero-order valence-electron chi connectivity index (χ0n) is 14.7. The van der Waals surface area contributed by atoms with E-state index in [4.69, 9.17) is 0 Å². The van der Waals surface area contributed by atoms with Crippen LogP contribution in [0.4, 0.5) is 11.6 Å². The van der Waals surface area contributed by atoms with Crippen LogP contribution in [0.1, 0.15) is 36.0 Å². The van der Waals surface area contributed by atoms with E-state index in [2.05, 4.69) is 26.8 Å². The van der Waals surface area contributed by atoms with Gasteiger partial charge in [-0.1, -0.05) is 12.6 Å². The highest BCUT2D eigenvalue weighted by Gasteiger charge is 2.25. The van der Waals surface area contributed by atoms with Crippen molar-refractivity contribution in [1.82, 2.24) is 19.9 Å². The molecule has 6 heteroatoms. The molecule has 2 aromatic rings. The van der Waals surface area contributed by atoms with E-state index >= 15 is 0 Å². The van der Waals surface area contributed by atoms with Crippen molar-refractivity contribution in [3.8, 4) is 0 Å². The third-order valence-corrected chi connectivity index (χ3v) is 4.33. The normalized spacial score (nSPS) is 17.2. The molecule has 1 atom stereocenters. The summed E-state index contributed by atoms with van der Waals surface area (Å²) in [7, 11) is 0. The minimum Gasteiger partial charge on any atom is -0.339 e. The van der Waals surface area contributed by atoms with Crippen molar-refractivity contribution in [2.75, 3.05) is 18.4 Å². The summed E-state index contributed by atoms with van der Waals surface area (Å²) in [5.41, 5.74) is 1.91. The van der Waals surface area contributed by atoms with Crippen molar-refractivity contribution in [3.05, 3.63) is 54.1 Å². The predicted molar refractivity (Wildman–Crippen MR) is 97.8 cm³/mol. The van der Waals surface area contributed by atoms with Crippen LogP contribution in [0, 0.1) is 13.8 Å². The molecule has 0 spiro atoms. The molecule has 3 rings (SSSR count). The average Bonchev–Trinajstić information content (AvgIpc) is 2.60. The van der Waals surface area contributed by atoms with E-state index in [0.29, 0.717) is 12.4 Å². The Bertz CT molecular complexity index is 789. The quantitative estimate of drug-likeness (QED) is 0.868. The smallest absolute Gasteiger partial charge is 0.245 e. The van der Waals surface area contributed by atoms with Gasteiger partial charge in [0.15, 0.2) is 0 Å². The largest absolute Gasteiger partial charge is 0.339 e. The number of pyridine rings is 1. The molecule has 1 aliphatic heterocycles. The Morgan fingerprint density at radius 2 is 2.12 bits per heavy atom. The van der Waals surface area contributed by atoms with Crippen molar-refractivity contribution in [3.63, 3.8) is 0 Å². The summed E-state index contributed by atoms with van der Waals surface area (Å²) in [6, 6.07) is 7.79. The van der Waals surface area contributed by atoms with Gasteiger partial charge in [0.1, 0.15) is 17.5 Å². The van der Waals surface area contributed by atoms with Gasteiger partial charge in [0, 0.05) is 30.8 Å². The van der Waals surface area contributed by atoms with Crippen LogP contribution in [0.3, 0.4) is 0 Å². The number of hydrogen-bond donors (Lipinski definition) is 1. The maximum Gasteiger partial charge on any atom is 0.245 e. The molecule has 1 unspecified atom stereocenters. The maximum absolute atomic E-state index is 11.9. The SMILES string of the molecule is C=CC(=O)N1CCCC(c2cc(Nc3cccc(C)n3)nc(C)n2)C1. The van der Waals surface area contributed by atoms with Crippen molar-refractivity contribution >= 4 is 17.5 Å². The van der Waals surface area contributed by atoms with Gasteiger partial charge >= 0.3 is 0 Å². The highest BCUT2D eigenvalue weighted by molar-refractivity contribution is 5.87. The van der Waals surface area contributed by atoms with Crippen LogP contribution < -0.4 is 5.32 Å². The molecule has 1 N–H and O–H groups in total. The maximum atomic E-state index is 11.9. The Hall–Kier alpha value is -2.76. The van der Waals surface area contributed by atoms with Gasteiger partial charge in [-0.2, -0.15) is 0 Å². The van der Waals surface area contributed by atoms with Gasteiger partial charge in [-0.25, -0.2) is 15.0 Å². The molecule has 1 amide bonds. The monoisotopic (exact) mass is 337 g/mol. The molecule has 0 saturated carbocycles. The number of nitrogens with one attached hydrogen (secondary N) is 1. The van der Waals surface area contributed by atoms with E-state index in [1.54, 1.807) is 0 Å². The first-order chi connectivity index (χ1) is 12.0. The molecule has 2 aromatic heterocycles. The number of likely N-dealkylation sites (tertiary alicyclic amines) is 1. The summed E-state index contributed by atoms with van der Waals surface area (Å²) in [5, 5.41) is 3.25. The summed E-state index contributed by atoms with van der Waals surface area (Å²) in [6.07, 6.45) is 3.36. The fourth-order valence-electron chi connectivity index (χ4n) is 3.16. The fourth-order valence-corrected chi connectivity index (χ4v) is 3.16. The Labute approximate surface area is 148 Å². The van der Waals surface area contributed by atoms with Crippen LogP contribution in [0.25, 0.3) is 0 Å². The minimum atomic E-state index is -0.0159. The number of amides is 1. The molecule has 0 aromatic carbocycles. The van der Waals surface area contributed by atoms with Crippen LogP contribution in [0.5, 0.6) is 0 Å². The number of anilines is 2. The van der Waals surface area contributed by atoms with Gasteiger partial charge in [-0.3, -0.25) is 4.79 Å². The van der Waals surface area contributed by atoms with E-state index < -0.39 is 0 Å². The fraction of sp³-hybridized carbons (Fsp3) is 0.368. The van der Waals surface area contributed by atoms with Crippen LogP contribution >= 0.6 is 0 Å². The van der Waals surface area contributed by atoms with Crippen LogP contribution in [0.15, 0.2) is 36.9 Å². The van der Waals surface area contributed by atoms with E-state index in [9.17, 15) is 4.79 Å². The topological polar surface area (TPSA) is 71.0 Å². The van der Waals surface area contributed by atoms with Crippen LogP contribution in [-0.2, 0) is 4.79 Å². The van der Waals surface area contributed by atoms with Gasteiger partial charge in [-0.15, -0.1) is 0 Å². The van der Waals surface area contributed by atoms with E-state index in [1.807, 2.05) is 43.0 Å². The third-order valence-electron chi connectivity index (χ3n) is 4.33. The molecule has 0 aliphatic carbocycles.